The SMILES string of the molecule is C#C.S=C(S)S. The van der Waals surface area contributed by atoms with Crippen LogP contribution in [0.25, 0.3) is 0 Å². The highest BCUT2D eigenvalue weighted by Crippen LogP contribution is 1.83. The van der Waals surface area contributed by atoms with Crippen molar-refractivity contribution in [3.05, 3.63) is 0 Å². The predicted octanol–water partition coefficient (Wildman–Crippen LogP) is 1.38. The molecule has 0 aliphatic heterocycles. The van der Waals surface area contributed by atoms with E-state index in [-0.39, 0.29) is 0 Å². The maximum absolute atomic E-state index is 4.27. The summed E-state index contributed by atoms with van der Waals surface area (Å²) in [5.74, 6) is 0. The molecule has 0 aliphatic rings. The fourth-order valence-corrected chi connectivity index (χ4v) is 0. The number of hydrogen-bond donors (Lipinski definition) is 2. The van der Waals surface area contributed by atoms with Gasteiger partial charge in [0.2, 0.25) is 0 Å². The average Bonchev–Trinajstić information content (AvgIpc) is 1.41. The summed E-state index contributed by atoms with van der Waals surface area (Å²) in [6.07, 6.45) is 8.00. The Balaban J connectivity index is 0. The van der Waals surface area contributed by atoms with Gasteiger partial charge < -0.3 is 0 Å². The van der Waals surface area contributed by atoms with Crippen molar-refractivity contribution in [3.8, 4) is 12.8 Å². The van der Waals surface area contributed by atoms with Gasteiger partial charge >= 0.3 is 0 Å². The number of hydrogen-bond acceptors (Lipinski definition) is 1. The number of terminal acetylenes is 1. The second-order valence-corrected chi connectivity index (χ2v) is 2.54. The van der Waals surface area contributed by atoms with E-state index in [1.54, 1.807) is 0 Å². The molecule has 0 aromatic heterocycles. The second kappa shape index (κ2) is 9.02. The molecule has 0 nitrogen and oxygen atoms in total. The lowest BCUT2D eigenvalue weighted by Crippen LogP contribution is -1.46. The largest absolute Gasteiger partial charge is 0.125 e. The van der Waals surface area contributed by atoms with Crippen molar-refractivity contribution in [1.29, 1.82) is 0 Å². The van der Waals surface area contributed by atoms with Crippen LogP contribution >= 0.6 is 37.5 Å². The van der Waals surface area contributed by atoms with Gasteiger partial charge in [-0.1, -0.05) is 12.2 Å². The molecular formula is C3H4S3. The van der Waals surface area contributed by atoms with Gasteiger partial charge in [0, 0.05) is 0 Å². The molecule has 0 unspecified atom stereocenters. The van der Waals surface area contributed by atoms with Gasteiger partial charge in [-0.15, -0.1) is 38.1 Å². The zero-order valence-electron chi connectivity index (χ0n) is 2.96. The third kappa shape index (κ3) is 399. The predicted molar refractivity (Wildman–Crippen MR) is 40.5 cm³/mol. The Morgan fingerprint density at radius 1 is 1.33 bits per heavy atom. The van der Waals surface area contributed by atoms with Crippen LogP contribution in [0.5, 0.6) is 0 Å². The molecule has 0 spiro atoms. The zero-order chi connectivity index (χ0) is 5.58. The van der Waals surface area contributed by atoms with Crippen LogP contribution in [0.15, 0.2) is 0 Å². The van der Waals surface area contributed by atoms with Crippen molar-refractivity contribution in [2.75, 3.05) is 0 Å². The van der Waals surface area contributed by atoms with E-state index in [4.69, 9.17) is 0 Å². The van der Waals surface area contributed by atoms with E-state index in [0.29, 0.717) is 3.53 Å². The first kappa shape index (κ1) is 9.61. The van der Waals surface area contributed by atoms with Crippen molar-refractivity contribution >= 4 is 41.0 Å². The van der Waals surface area contributed by atoms with Gasteiger partial charge in [-0.3, -0.25) is 0 Å². The molecule has 0 amide bonds. The van der Waals surface area contributed by atoms with E-state index in [2.05, 4.69) is 50.3 Å². The van der Waals surface area contributed by atoms with Gasteiger partial charge in [-0.25, -0.2) is 0 Å². The lowest BCUT2D eigenvalue weighted by atomic mass is 11.4. The molecule has 0 radical (unpaired) electrons. The monoisotopic (exact) mass is 136 g/mol. The number of thiol groups is 2. The minimum Gasteiger partial charge on any atom is -0.125 e. The first-order valence-corrected chi connectivity index (χ1v) is 2.29. The van der Waals surface area contributed by atoms with E-state index >= 15 is 0 Å². The summed E-state index contributed by atoms with van der Waals surface area (Å²) in [6, 6.07) is 0. The van der Waals surface area contributed by atoms with E-state index in [9.17, 15) is 0 Å². The Labute approximate surface area is 54.1 Å². The van der Waals surface area contributed by atoms with E-state index in [1.165, 1.54) is 0 Å². The van der Waals surface area contributed by atoms with Crippen molar-refractivity contribution in [1.82, 2.24) is 0 Å². The molecule has 0 aliphatic carbocycles. The Morgan fingerprint density at radius 3 is 1.33 bits per heavy atom. The van der Waals surface area contributed by atoms with Crippen LogP contribution in [0.2, 0.25) is 0 Å². The van der Waals surface area contributed by atoms with Crippen LogP contribution < -0.4 is 0 Å². The van der Waals surface area contributed by atoms with Gasteiger partial charge in [-0.2, -0.15) is 0 Å². The van der Waals surface area contributed by atoms with Crippen molar-refractivity contribution in [2.24, 2.45) is 0 Å². The summed E-state index contributed by atoms with van der Waals surface area (Å²) >= 11 is 11.4. The first-order valence-electron chi connectivity index (χ1n) is 0.985. The summed E-state index contributed by atoms with van der Waals surface area (Å²) in [4.78, 5) is 0. The minimum absolute atomic E-state index is 0.389. The molecule has 0 N–H and O–H groups in total. The number of thiocarbonyl (C=S) groups is 1. The molecule has 0 rings (SSSR count). The molecule has 0 aromatic rings. The Bertz CT molecular complexity index is 50.3. The number of rotatable bonds is 0. The molecule has 0 saturated carbocycles. The molecule has 0 saturated heterocycles. The standard InChI is InChI=1S/C2H2.CH2S3/c1-2;2-1(3)4/h1-2H;(H2,2,3,4). The first-order chi connectivity index (χ1) is 2.73. The Hall–Kier alpha value is 0.350. The maximum atomic E-state index is 4.27. The van der Waals surface area contributed by atoms with Gasteiger partial charge in [0.25, 0.3) is 0 Å². The normalized spacial score (nSPS) is 4.67. The van der Waals surface area contributed by atoms with Crippen LogP contribution in [-0.4, -0.2) is 3.53 Å². The summed E-state index contributed by atoms with van der Waals surface area (Å²) in [5.41, 5.74) is 0. The lowest BCUT2D eigenvalue weighted by Gasteiger charge is -1.59. The van der Waals surface area contributed by atoms with E-state index in [1.807, 2.05) is 0 Å². The van der Waals surface area contributed by atoms with Crippen LogP contribution in [0, 0.1) is 12.8 Å². The molecule has 0 atom stereocenters. The van der Waals surface area contributed by atoms with Crippen molar-refractivity contribution in [2.45, 2.75) is 0 Å². The Kier molecular flexibility index (Phi) is 14.4. The molecule has 0 heterocycles. The summed E-state index contributed by atoms with van der Waals surface area (Å²) < 4.78 is 0.389. The minimum atomic E-state index is 0.389. The summed E-state index contributed by atoms with van der Waals surface area (Å²) in [5, 5.41) is 0. The molecule has 34 valence electrons. The van der Waals surface area contributed by atoms with Crippen LogP contribution in [0.3, 0.4) is 0 Å². The molecule has 3 heteroatoms. The highest BCUT2D eigenvalue weighted by atomic mass is 32.2. The lowest BCUT2D eigenvalue weighted by molar-refractivity contribution is 3.31. The fraction of sp³-hybridized carbons (Fsp3) is 0. The highest BCUT2D eigenvalue weighted by molar-refractivity contribution is 8.34. The maximum Gasteiger partial charge on any atom is 0.0976 e. The molecule has 0 aromatic carbocycles. The molecule has 6 heavy (non-hydrogen) atoms. The zero-order valence-corrected chi connectivity index (χ0v) is 5.56. The molecule has 0 fully saturated rings. The van der Waals surface area contributed by atoms with Gasteiger partial charge in [-0.05, 0) is 0 Å². The molecular weight excluding hydrogens is 132 g/mol. The second-order valence-electron chi connectivity index (χ2n) is 0.283. The topological polar surface area (TPSA) is 0 Å². The highest BCUT2D eigenvalue weighted by Gasteiger charge is 1.58. The van der Waals surface area contributed by atoms with Gasteiger partial charge in [0.05, 0.1) is 3.53 Å². The third-order valence-electron chi connectivity index (χ3n) is 0. The smallest absolute Gasteiger partial charge is 0.0976 e. The fourth-order valence-electron chi connectivity index (χ4n) is 0. The molecule has 0 bridgehead atoms. The van der Waals surface area contributed by atoms with Crippen LogP contribution in [0.4, 0.5) is 0 Å². The van der Waals surface area contributed by atoms with Crippen LogP contribution in [-0.2, 0) is 0 Å². The van der Waals surface area contributed by atoms with Crippen molar-refractivity contribution < 1.29 is 0 Å². The van der Waals surface area contributed by atoms with Crippen LogP contribution in [0.1, 0.15) is 0 Å². The third-order valence-corrected chi connectivity index (χ3v) is 0. The van der Waals surface area contributed by atoms with E-state index < -0.39 is 0 Å². The quantitative estimate of drug-likeness (QED) is 0.288. The van der Waals surface area contributed by atoms with Gasteiger partial charge in [0.1, 0.15) is 0 Å². The Morgan fingerprint density at radius 2 is 1.33 bits per heavy atom. The van der Waals surface area contributed by atoms with Crippen molar-refractivity contribution in [3.63, 3.8) is 0 Å². The average molecular weight is 136 g/mol. The van der Waals surface area contributed by atoms with Gasteiger partial charge in [0.15, 0.2) is 0 Å². The summed E-state index contributed by atoms with van der Waals surface area (Å²) in [7, 11) is 0. The van der Waals surface area contributed by atoms with E-state index in [0.717, 1.165) is 0 Å². The summed E-state index contributed by atoms with van der Waals surface area (Å²) in [6.45, 7) is 0.